The van der Waals surface area contributed by atoms with Crippen LogP contribution in [0.15, 0.2) is 59.1 Å². The van der Waals surface area contributed by atoms with Gasteiger partial charge in [-0.15, -0.1) is 0 Å². The molecule has 0 aliphatic carbocycles. The van der Waals surface area contributed by atoms with Crippen LogP contribution in [-0.2, 0) is 10.3 Å². The minimum Gasteiger partial charge on any atom is -0.438 e. The fourth-order valence-electron chi connectivity index (χ4n) is 3.87. The van der Waals surface area contributed by atoms with E-state index in [4.69, 9.17) is 4.74 Å². The fraction of sp³-hybridized carbons (Fsp3) is 0.391. The Bertz CT molecular complexity index is 874. The van der Waals surface area contributed by atoms with Crippen molar-refractivity contribution in [3.05, 3.63) is 70.2 Å². The summed E-state index contributed by atoms with van der Waals surface area (Å²) in [6, 6.07) is 20.0. The van der Waals surface area contributed by atoms with Gasteiger partial charge in [-0.3, -0.25) is 0 Å². The molecule has 2 atom stereocenters. The first kappa shape index (κ1) is 20.4. The number of hydrogen-bond acceptors (Lipinski definition) is 3. The highest BCUT2D eigenvalue weighted by Crippen LogP contribution is 2.44. The standard InChI is InChI=1S/C23H25BrN2O2/c1-17(18-9-11-20(24)12-10-18)26-14-13-23(28-21(26)27,15-22(2,3)16-25)19-7-5-4-6-8-19/h4-12,17H,13-15H2,1-3H3/t17-,23-/m0/s1. The van der Waals surface area contributed by atoms with Crippen molar-refractivity contribution in [1.82, 2.24) is 4.90 Å². The Labute approximate surface area is 175 Å². The first-order chi connectivity index (χ1) is 13.3. The number of carbonyl (C=O) groups is 1. The molecule has 1 heterocycles. The molecular formula is C23H25BrN2O2. The molecule has 3 rings (SSSR count). The molecule has 0 spiro atoms. The number of hydrogen-bond donors (Lipinski definition) is 0. The van der Waals surface area contributed by atoms with Crippen molar-refractivity contribution in [2.75, 3.05) is 6.54 Å². The topological polar surface area (TPSA) is 53.3 Å². The molecular weight excluding hydrogens is 416 g/mol. The van der Waals surface area contributed by atoms with Gasteiger partial charge >= 0.3 is 6.09 Å². The monoisotopic (exact) mass is 440 g/mol. The van der Waals surface area contributed by atoms with Crippen LogP contribution in [0.4, 0.5) is 4.79 Å². The van der Waals surface area contributed by atoms with Crippen molar-refractivity contribution in [3.8, 4) is 6.07 Å². The highest BCUT2D eigenvalue weighted by Gasteiger charge is 2.46. The van der Waals surface area contributed by atoms with E-state index in [2.05, 4.69) is 22.0 Å². The fourth-order valence-corrected chi connectivity index (χ4v) is 4.13. The average molecular weight is 441 g/mol. The lowest BCUT2D eigenvalue weighted by Crippen LogP contribution is -2.50. The van der Waals surface area contributed by atoms with Gasteiger partial charge in [0.1, 0.15) is 5.60 Å². The Morgan fingerprint density at radius 1 is 1.21 bits per heavy atom. The van der Waals surface area contributed by atoms with Gasteiger partial charge in [-0.2, -0.15) is 5.26 Å². The second kappa shape index (κ2) is 7.97. The molecule has 0 bridgehead atoms. The third-order valence-corrected chi connectivity index (χ3v) is 5.95. The number of rotatable bonds is 5. The molecule has 1 amide bonds. The molecule has 2 aromatic carbocycles. The summed E-state index contributed by atoms with van der Waals surface area (Å²) >= 11 is 3.45. The summed E-state index contributed by atoms with van der Waals surface area (Å²) in [5, 5.41) is 9.56. The SMILES string of the molecule is C[C@@H](c1ccc(Br)cc1)N1CC[C@](CC(C)(C)C#N)(c2ccccc2)OC1=O. The molecule has 1 fully saturated rings. The van der Waals surface area contributed by atoms with Crippen molar-refractivity contribution in [3.63, 3.8) is 0 Å². The van der Waals surface area contributed by atoms with Crippen LogP contribution in [0.1, 0.15) is 50.8 Å². The van der Waals surface area contributed by atoms with Crippen LogP contribution in [0.2, 0.25) is 0 Å². The second-order valence-electron chi connectivity index (χ2n) is 8.07. The molecule has 0 aromatic heterocycles. The zero-order chi connectivity index (χ0) is 20.4. The third kappa shape index (κ3) is 4.23. The van der Waals surface area contributed by atoms with E-state index in [1.807, 2.05) is 75.4 Å². The lowest BCUT2D eigenvalue weighted by atomic mass is 9.75. The largest absolute Gasteiger partial charge is 0.438 e. The number of cyclic esters (lactones) is 1. The summed E-state index contributed by atoms with van der Waals surface area (Å²) in [6.45, 7) is 6.37. The molecule has 4 nitrogen and oxygen atoms in total. The normalized spacial score (nSPS) is 21.0. The van der Waals surface area contributed by atoms with Crippen LogP contribution in [0.3, 0.4) is 0 Å². The van der Waals surface area contributed by atoms with Crippen LogP contribution in [0.5, 0.6) is 0 Å². The molecule has 5 heteroatoms. The first-order valence-electron chi connectivity index (χ1n) is 9.48. The van der Waals surface area contributed by atoms with Gasteiger partial charge in [0.25, 0.3) is 0 Å². The molecule has 1 saturated heterocycles. The lowest BCUT2D eigenvalue weighted by Gasteiger charge is -2.45. The number of carbonyl (C=O) groups excluding carboxylic acids is 1. The van der Waals surface area contributed by atoms with Crippen molar-refractivity contribution in [2.45, 2.75) is 45.3 Å². The zero-order valence-electron chi connectivity index (χ0n) is 16.5. The van der Waals surface area contributed by atoms with Gasteiger partial charge in [0.2, 0.25) is 0 Å². The molecule has 146 valence electrons. The Morgan fingerprint density at radius 2 is 1.86 bits per heavy atom. The van der Waals surface area contributed by atoms with Crippen molar-refractivity contribution in [1.29, 1.82) is 5.26 Å². The Balaban J connectivity index is 1.88. The zero-order valence-corrected chi connectivity index (χ0v) is 18.1. The highest BCUT2D eigenvalue weighted by atomic mass is 79.9. The predicted octanol–water partition coefficient (Wildman–Crippen LogP) is 6.19. The first-order valence-corrected chi connectivity index (χ1v) is 10.3. The summed E-state index contributed by atoms with van der Waals surface area (Å²) < 4.78 is 7.11. The number of nitriles is 1. The molecule has 0 radical (unpaired) electrons. The molecule has 0 unspecified atom stereocenters. The molecule has 1 aliphatic heterocycles. The van der Waals surface area contributed by atoms with Gasteiger partial charge in [-0.25, -0.2) is 4.79 Å². The van der Waals surface area contributed by atoms with Gasteiger partial charge in [-0.1, -0.05) is 58.4 Å². The molecule has 28 heavy (non-hydrogen) atoms. The summed E-state index contributed by atoms with van der Waals surface area (Å²) in [5.74, 6) is 0. The smallest absolute Gasteiger partial charge is 0.411 e. The molecule has 2 aromatic rings. The Kier molecular flexibility index (Phi) is 5.81. The van der Waals surface area contributed by atoms with E-state index in [-0.39, 0.29) is 12.1 Å². The summed E-state index contributed by atoms with van der Waals surface area (Å²) in [4.78, 5) is 14.8. The molecule has 0 N–H and O–H groups in total. The number of nitrogens with zero attached hydrogens (tertiary/aromatic N) is 2. The molecule has 1 aliphatic rings. The second-order valence-corrected chi connectivity index (χ2v) is 8.99. The highest BCUT2D eigenvalue weighted by molar-refractivity contribution is 9.10. The van der Waals surface area contributed by atoms with Gasteiger partial charge < -0.3 is 9.64 Å². The van der Waals surface area contributed by atoms with E-state index in [1.54, 1.807) is 4.90 Å². The van der Waals surface area contributed by atoms with Crippen molar-refractivity contribution < 1.29 is 9.53 Å². The maximum atomic E-state index is 13.1. The average Bonchev–Trinajstić information content (AvgIpc) is 2.68. The van der Waals surface area contributed by atoms with Crippen LogP contribution in [-0.4, -0.2) is 17.5 Å². The van der Waals surface area contributed by atoms with Gasteiger partial charge in [0.05, 0.1) is 17.5 Å². The number of ether oxygens (including phenoxy) is 1. The summed E-state index contributed by atoms with van der Waals surface area (Å²) in [7, 11) is 0. The summed E-state index contributed by atoms with van der Waals surface area (Å²) in [6.07, 6.45) is 0.779. The Morgan fingerprint density at radius 3 is 2.43 bits per heavy atom. The van der Waals surface area contributed by atoms with E-state index in [0.717, 1.165) is 15.6 Å². The van der Waals surface area contributed by atoms with Crippen molar-refractivity contribution >= 4 is 22.0 Å². The van der Waals surface area contributed by atoms with E-state index in [9.17, 15) is 10.1 Å². The quantitative estimate of drug-likeness (QED) is 0.556. The Hall–Kier alpha value is -2.32. The number of benzene rings is 2. The molecule has 0 saturated carbocycles. The van der Waals surface area contributed by atoms with Gasteiger partial charge in [-0.05, 0) is 44.0 Å². The summed E-state index contributed by atoms with van der Waals surface area (Å²) in [5.41, 5.74) is 0.621. The van der Waals surface area contributed by atoms with E-state index < -0.39 is 11.0 Å². The van der Waals surface area contributed by atoms with Crippen LogP contribution < -0.4 is 0 Å². The minimum atomic E-state index is -0.784. The van der Waals surface area contributed by atoms with Gasteiger partial charge in [0, 0.05) is 23.9 Å². The van der Waals surface area contributed by atoms with Crippen molar-refractivity contribution in [2.24, 2.45) is 5.41 Å². The number of halogens is 1. The van der Waals surface area contributed by atoms with Gasteiger partial charge in [0.15, 0.2) is 0 Å². The maximum absolute atomic E-state index is 13.1. The van der Waals surface area contributed by atoms with Crippen LogP contribution >= 0.6 is 15.9 Å². The van der Waals surface area contributed by atoms with Crippen LogP contribution in [0, 0.1) is 16.7 Å². The number of amides is 1. The van der Waals surface area contributed by atoms with E-state index >= 15 is 0 Å². The minimum absolute atomic E-state index is 0.0849. The maximum Gasteiger partial charge on any atom is 0.411 e. The van der Waals surface area contributed by atoms with Crippen LogP contribution in [0.25, 0.3) is 0 Å². The van der Waals surface area contributed by atoms with E-state index in [1.165, 1.54) is 0 Å². The lowest BCUT2D eigenvalue weighted by molar-refractivity contribution is -0.0770. The van der Waals surface area contributed by atoms with E-state index in [0.29, 0.717) is 19.4 Å². The predicted molar refractivity (Wildman–Crippen MR) is 112 cm³/mol. The third-order valence-electron chi connectivity index (χ3n) is 5.42.